The van der Waals surface area contributed by atoms with Gasteiger partial charge in [0.2, 0.25) is 0 Å². The van der Waals surface area contributed by atoms with E-state index in [0.717, 1.165) is 19.3 Å². The molecule has 2 nitrogen and oxygen atoms in total. The number of hydrogen-bond donors (Lipinski definition) is 0. The molecule has 0 radical (unpaired) electrons. The van der Waals surface area contributed by atoms with Gasteiger partial charge in [-0.15, -0.1) is 0 Å². The smallest absolute Gasteiger partial charge is 0.312 e. The minimum atomic E-state index is -0.376. The summed E-state index contributed by atoms with van der Waals surface area (Å²) in [5.74, 6) is 0.308. The van der Waals surface area contributed by atoms with Crippen LogP contribution in [0.1, 0.15) is 74.7 Å². The van der Waals surface area contributed by atoms with Crippen molar-refractivity contribution in [1.29, 1.82) is 0 Å². The maximum absolute atomic E-state index is 12.4. The van der Waals surface area contributed by atoms with Gasteiger partial charge < -0.3 is 4.74 Å². The molecule has 18 heavy (non-hydrogen) atoms. The lowest BCUT2D eigenvalue weighted by Gasteiger charge is -2.39. The summed E-state index contributed by atoms with van der Waals surface area (Å²) in [5.41, 5.74) is -0.202. The summed E-state index contributed by atoms with van der Waals surface area (Å²) in [7, 11) is 0. The van der Waals surface area contributed by atoms with Crippen molar-refractivity contribution in [3.8, 4) is 0 Å². The molecule has 0 aromatic rings. The molecule has 0 aliphatic rings. The van der Waals surface area contributed by atoms with Crippen molar-refractivity contribution in [2.45, 2.75) is 80.8 Å². The lowest BCUT2D eigenvalue weighted by molar-refractivity contribution is -0.164. The van der Waals surface area contributed by atoms with Crippen molar-refractivity contribution in [2.24, 2.45) is 16.7 Å². The first kappa shape index (κ1) is 17.5. The van der Waals surface area contributed by atoms with Crippen molar-refractivity contribution in [2.75, 3.05) is 0 Å². The summed E-state index contributed by atoms with van der Waals surface area (Å²) in [4.78, 5) is 12.4. The first-order chi connectivity index (χ1) is 8.09. The molecule has 2 unspecified atom stereocenters. The molecule has 0 aromatic carbocycles. The van der Waals surface area contributed by atoms with Crippen LogP contribution < -0.4 is 0 Å². The van der Waals surface area contributed by atoms with Gasteiger partial charge in [-0.1, -0.05) is 47.5 Å². The molecule has 2 atom stereocenters. The molecule has 0 saturated carbocycles. The summed E-state index contributed by atoms with van der Waals surface area (Å²) >= 11 is 0. The third kappa shape index (κ3) is 4.62. The molecule has 0 heterocycles. The molecule has 108 valence electrons. The quantitative estimate of drug-likeness (QED) is 0.611. The van der Waals surface area contributed by atoms with Crippen LogP contribution in [0.5, 0.6) is 0 Å². The Kier molecular flexibility index (Phi) is 6.39. The monoisotopic (exact) mass is 256 g/mol. The average molecular weight is 256 g/mol. The molecule has 2 heteroatoms. The van der Waals surface area contributed by atoms with E-state index in [2.05, 4.69) is 41.5 Å². The fourth-order valence-electron chi connectivity index (χ4n) is 2.37. The van der Waals surface area contributed by atoms with Crippen LogP contribution in [0.4, 0.5) is 0 Å². The first-order valence-corrected chi connectivity index (χ1v) is 7.30. The second-order valence-electron chi connectivity index (χ2n) is 6.88. The zero-order chi connectivity index (χ0) is 14.6. The number of carbonyl (C=O) groups is 1. The molecule has 0 saturated heterocycles. The maximum atomic E-state index is 12.4. The minimum Gasteiger partial charge on any atom is -0.463 e. The van der Waals surface area contributed by atoms with E-state index in [1.54, 1.807) is 0 Å². The van der Waals surface area contributed by atoms with Gasteiger partial charge in [-0.3, -0.25) is 4.79 Å². The van der Waals surface area contributed by atoms with Gasteiger partial charge in [0.15, 0.2) is 0 Å². The Hall–Kier alpha value is -0.530. The standard InChI is InChI=1S/C16H32O2/c1-9-13(5)16(8,11-15(6,7)10-2)14(17)18-12(3)4/h12-13H,9-11H2,1-8H3. The summed E-state index contributed by atoms with van der Waals surface area (Å²) < 4.78 is 5.49. The molecule has 0 N–H and O–H groups in total. The highest BCUT2D eigenvalue weighted by molar-refractivity contribution is 5.77. The predicted octanol–water partition coefficient (Wildman–Crippen LogP) is 4.82. The van der Waals surface area contributed by atoms with Gasteiger partial charge in [0.25, 0.3) is 0 Å². The first-order valence-electron chi connectivity index (χ1n) is 7.30. The molecular weight excluding hydrogens is 224 g/mol. The van der Waals surface area contributed by atoms with Crippen molar-refractivity contribution in [1.82, 2.24) is 0 Å². The number of rotatable bonds is 7. The molecule has 0 bridgehead atoms. The van der Waals surface area contributed by atoms with Crippen LogP contribution in [0.25, 0.3) is 0 Å². The number of carbonyl (C=O) groups excluding carboxylic acids is 1. The fourth-order valence-corrected chi connectivity index (χ4v) is 2.37. The molecule has 0 aliphatic heterocycles. The van der Waals surface area contributed by atoms with Gasteiger partial charge in [0.05, 0.1) is 11.5 Å². The summed E-state index contributed by atoms with van der Waals surface area (Å²) in [6.07, 6.45) is 2.93. The van der Waals surface area contributed by atoms with Crippen LogP contribution in [-0.4, -0.2) is 12.1 Å². The largest absolute Gasteiger partial charge is 0.463 e. The summed E-state index contributed by atoms with van der Waals surface area (Å²) in [5, 5.41) is 0. The van der Waals surface area contributed by atoms with Crippen molar-refractivity contribution >= 4 is 5.97 Å². The van der Waals surface area contributed by atoms with E-state index in [-0.39, 0.29) is 22.9 Å². The molecule has 0 amide bonds. The van der Waals surface area contributed by atoms with E-state index in [9.17, 15) is 4.79 Å². The molecule has 0 aliphatic carbocycles. The number of ether oxygens (including phenoxy) is 1. The predicted molar refractivity (Wildman–Crippen MR) is 77.5 cm³/mol. The Morgan fingerprint density at radius 2 is 1.61 bits per heavy atom. The van der Waals surface area contributed by atoms with Crippen LogP contribution in [-0.2, 0) is 9.53 Å². The van der Waals surface area contributed by atoms with Crippen molar-refractivity contribution < 1.29 is 9.53 Å². The zero-order valence-corrected chi connectivity index (χ0v) is 13.6. The summed E-state index contributed by atoms with van der Waals surface area (Å²) in [6.45, 7) is 16.9. The fraction of sp³-hybridized carbons (Fsp3) is 0.938. The average Bonchev–Trinajstić information content (AvgIpc) is 2.26. The van der Waals surface area contributed by atoms with Crippen LogP contribution in [0.2, 0.25) is 0 Å². The van der Waals surface area contributed by atoms with Crippen molar-refractivity contribution in [3.63, 3.8) is 0 Å². The SMILES string of the molecule is CCC(C)C(C)(CC(C)(C)CC)C(=O)OC(C)C. The third-order valence-corrected chi connectivity index (χ3v) is 4.31. The van der Waals surface area contributed by atoms with Gasteiger partial charge in [-0.2, -0.15) is 0 Å². The van der Waals surface area contributed by atoms with Crippen LogP contribution >= 0.6 is 0 Å². The van der Waals surface area contributed by atoms with E-state index < -0.39 is 0 Å². The van der Waals surface area contributed by atoms with Gasteiger partial charge in [-0.25, -0.2) is 0 Å². The van der Waals surface area contributed by atoms with Crippen LogP contribution in [0, 0.1) is 16.7 Å². The highest BCUT2D eigenvalue weighted by atomic mass is 16.5. The minimum absolute atomic E-state index is 0.0339. The maximum Gasteiger partial charge on any atom is 0.312 e. The van der Waals surface area contributed by atoms with E-state index in [1.807, 2.05) is 13.8 Å². The Morgan fingerprint density at radius 3 is 1.94 bits per heavy atom. The Bertz CT molecular complexity index is 268. The molecule has 0 rings (SSSR count). The summed E-state index contributed by atoms with van der Waals surface area (Å²) in [6, 6.07) is 0. The molecule has 0 aromatic heterocycles. The number of esters is 1. The topological polar surface area (TPSA) is 26.3 Å². The van der Waals surface area contributed by atoms with Crippen LogP contribution in [0.3, 0.4) is 0 Å². The van der Waals surface area contributed by atoms with E-state index in [1.165, 1.54) is 0 Å². The lowest BCUT2D eigenvalue weighted by Crippen LogP contribution is -2.40. The Morgan fingerprint density at radius 1 is 1.11 bits per heavy atom. The van der Waals surface area contributed by atoms with Gasteiger partial charge >= 0.3 is 5.97 Å². The lowest BCUT2D eigenvalue weighted by atomic mass is 9.66. The van der Waals surface area contributed by atoms with E-state index in [0.29, 0.717) is 5.92 Å². The second kappa shape index (κ2) is 6.58. The molecule has 0 fully saturated rings. The second-order valence-corrected chi connectivity index (χ2v) is 6.88. The Labute approximate surface area is 113 Å². The highest BCUT2D eigenvalue weighted by Crippen LogP contribution is 2.43. The van der Waals surface area contributed by atoms with Gasteiger partial charge in [0.1, 0.15) is 0 Å². The van der Waals surface area contributed by atoms with Gasteiger partial charge in [0, 0.05) is 0 Å². The van der Waals surface area contributed by atoms with E-state index in [4.69, 9.17) is 4.74 Å². The van der Waals surface area contributed by atoms with Gasteiger partial charge in [-0.05, 0) is 38.5 Å². The highest BCUT2D eigenvalue weighted by Gasteiger charge is 2.43. The zero-order valence-electron chi connectivity index (χ0n) is 13.6. The molecular formula is C16H32O2. The van der Waals surface area contributed by atoms with Crippen LogP contribution in [0.15, 0.2) is 0 Å². The van der Waals surface area contributed by atoms with Crippen molar-refractivity contribution in [3.05, 3.63) is 0 Å². The Balaban J connectivity index is 5.12. The molecule has 0 spiro atoms. The normalized spacial score (nSPS) is 17.4. The van der Waals surface area contributed by atoms with E-state index >= 15 is 0 Å². The third-order valence-electron chi connectivity index (χ3n) is 4.31. The number of hydrogen-bond acceptors (Lipinski definition) is 2.